The number of hydrogen-bond acceptors (Lipinski definition) is 1. The summed E-state index contributed by atoms with van der Waals surface area (Å²) in [4.78, 5) is 13.5. The Hall–Kier alpha value is -2.37. The van der Waals surface area contributed by atoms with Gasteiger partial charge < -0.3 is 4.90 Å². The normalized spacial score (nSPS) is 18.2. The molecule has 1 atom stereocenters. The first kappa shape index (κ1) is 17.5. The van der Waals surface area contributed by atoms with Crippen molar-refractivity contribution in [3.05, 3.63) is 59.9 Å². The minimum atomic E-state index is -4.41. The van der Waals surface area contributed by atoms with Gasteiger partial charge in [0.25, 0.3) is 5.91 Å². The number of benzene rings is 2. The van der Waals surface area contributed by atoms with Gasteiger partial charge in [0.2, 0.25) is 0 Å². The maximum atomic E-state index is 13.2. The monoisotopic (exact) mass is 351 g/mol. The molecule has 1 amide bonds. The fraction of sp³-hybridized carbons (Fsp3) is 0.316. The van der Waals surface area contributed by atoms with Crippen molar-refractivity contribution in [2.24, 2.45) is 0 Å². The van der Waals surface area contributed by atoms with Crippen molar-refractivity contribution in [1.82, 2.24) is 4.90 Å². The average Bonchev–Trinajstić information content (AvgIpc) is 2.61. The third kappa shape index (κ3) is 3.83. The van der Waals surface area contributed by atoms with Crippen LogP contribution in [0.2, 0.25) is 0 Å². The van der Waals surface area contributed by atoms with E-state index in [0.29, 0.717) is 12.8 Å². The fourth-order valence-electron chi connectivity index (χ4n) is 3.13. The van der Waals surface area contributed by atoms with E-state index in [4.69, 9.17) is 0 Å². The largest absolute Gasteiger partial charge is 0.408 e. The van der Waals surface area contributed by atoms with E-state index in [1.807, 2.05) is 0 Å². The first-order valence-electron chi connectivity index (χ1n) is 8.10. The number of piperidine rings is 1. The number of hydrogen-bond donors (Lipinski definition) is 0. The number of alkyl halides is 3. The highest BCUT2D eigenvalue weighted by molar-refractivity contribution is 5.95. The zero-order valence-corrected chi connectivity index (χ0v) is 13.4. The fourth-order valence-corrected chi connectivity index (χ4v) is 3.13. The molecule has 0 N–H and O–H groups in total. The number of likely N-dealkylation sites (tertiary alicyclic amines) is 1. The van der Waals surface area contributed by atoms with Gasteiger partial charge in [-0.05, 0) is 54.7 Å². The van der Waals surface area contributed by atoms with Gasteiger partial charge in [-0.2, -0.15) is 13.2 Å². The van der Waals surface area contributed by atoms with Crippen LogP contribution in [-0.4, -0.2) is 29.6 Å². The molecule has 0 aliphatic carbocycles. The van der Waals surface area contributed by atoms with Crippen LogP contribution < -0.4 is 0 Å². The summed E-state index contributed by atoms with van der Waals surface area (Å²) in [5, 5.41) is 0. The van der Waals surface area contributed by atoms with Crippen LogP contribution in [0.15, 0.2) is 48.5 Å². The zero-order valence-electron chi connectivity index (χ0n) is 13.4. The number of carbonyl (C=O) groups excluding carboxylic acids is 1. The van der Waals surface area contributed by atoms with Crippen molar-refractivity contribution < 1.29 is 22.4 Å². The molecule has 0 bridgehead atoms. The summed E-state index contributed by atoms with van der Waals surface area (Å²) >= 11 is 0. The zero-order chi connectivity index (χ0) is 18.0. The van der Waals surface area contributed by atoms with E-state index in [-0.39, 0.29) is 24.3 Å². The van der Waals surface area contributed by atoms with Gasteiger partial charge in [0.05, 0.1) is 0 Å². The molecule has 1 fully saturated rings. The van der Waals surface area contributed by atoms with Crippen LogP contribution in [-0.2, 0) is 0 Å². The Morgan fingerprint density at radius 2 is 1.48 bits per heavy atom. The molecule has 1 aliphatic heterocycles. The molecular weight excluding hydrogens is 334 g/mol. The van der Waals surface area contributed by atoms with Crippen molar-refractivity contribution >= 4 is 5.91 Å². The van der Waals surface area contributed by atoms with Gasteiger partial charge in [0.15, 0.2) is 0 Å². The lowest BCUT2D eigenvalue weighted by Crippen LogP contribution is -2.51. The third-order valence-corrected chi connectivity index (χ3v) is 4.45. The summed E-state index contributed by atoms with van der Waals surface area (Å²) in [6.07, 6.45) is -3.42. The number of halogens is 4. The molecule has 1 heterocycles. The van der Waals surface area contributed by atoms with E-state index >= 15 is 0 Å². The summed E-state index contributed by atoms with van der Waals surface area (Å²) in [5.41, 5.74) is 1.76. The van der Waals surface area contributed by atoms with Crippen LogP contribution >= 0.6 is 0 Å². The Kier molecular flexibility index (Phi) is 4.79. The van der Waals surface area contributed by atoms with Crippen molar-refractivity contribution in [1.29, 1.82) is 0 Å². The third-order valence-electron chi connectivity index (χ3n) is 4.45. The SMILES string of the molecule is O=C(c1ccc(-c2ccc(F)cc2)cc1)N1CCCCC1C(F)(F)F. The highest BCUT2D eigenvalue weighted by Crippen LogP contribution is 2.33. The van der Waals surface area contributed by atoms with Gasteiger partial charge in [-0.25, -0.2) is 4.39 Å². The Morgan fingerprint density at radius 3 is 2.04 bits per heavy atom. The van der Waals surface area contributed by atoms with Crippen LogP contribution in [0.25, 0.3) is 11.1 Å². The molecule has 25 heavy (non-hydrogen) atoms. The van der Waals surface area contributed by atoms with Gasteiger partial charge in [-0.1, -0.05) is 24.3 Å². The summed E-state index contributed by atoms with van der Waals surface area (Å²) in [6.45, 7) is 0.114. The predicted octanol–water partition coefficient (Wildman–Crippen LogP) is 5.05. The standard InChI is InChI=1S/C19H17F4NO/c20-16-10-8-14(9-11-16)13-4-6-15(7-5-13)18(25)24-12-2-1-3-17(24)19(21,22)23/h4-11,17H,1-3,12H2. The lowest BCUT2D eigenvalue weighted by molar-refractivity contribution is -0.183. The van der Waals surface area contributed by atoms with Crippen LogP contribution in [0.1, 0.15) is 29.6 Å². The molecule has 2 aromatic rings. The molecule has 0 saturated carbocycles. The lowest BCUT2D eigenvalue weighted by Gasteiger charge is -2.36. The molecule has 0 spiro atoms. The van der Waals surface area contributed by atoms with Gasteiger partial charge in [-0.15, -0.1) is 0 Å². The van der Waals surface area contributed by atoms with Crippen LogP contribution in [0.4, 0.5) is 17.6 Å². The van der Waals surface area contributed by atoms with E-state index in [0.717, 1.165) is 16.0 Å². The molecule has 3 rings (SSSR count). The summed E-state index contributed by atoms with van der Waals surface area (Å²) in [5.74, 6) is -0.952. The minimum Gasteiger partial charge on any atom is -0.327 e. The molecule has 1 saturated heterocycles. The summed E-state index contributed by atoms with van der Waals surface area (Å²) in [7, 11) is 0. The van der Waals surface area contributed by atoms with E-state index in [2.05, 4.69) is 0 Å². The summed E-state index contributed by atoms with van der Waals surface area (Å²) < 4.78 is 52.5. The van der Waals surface area contributed by atoms with E-state index < -0.39 is 18.1 Å². The molecule has 6 heteroatoms. The first-order valence-corrected chi connectivity index (χ1v) is 8.10. The second-order valence-electron chi connectivity index (χ2n) is 6.14. The highest BCUT2D eigenvalue weighted by atomic mass is 19.4. The quantitative estimate of drug-likeness (QED) is 0.694. The average molecular weight is 351 g/mol. The van der Waals surface area contributed by atoms with Gasteiger partial charge in [0, 0.05) is 12.1 Å². The molecule has 2 aromatic carbocycles. The molecule has 132 valence electrons. The van der Waals surface area contributed by atoms with Crippen molar-refractivity contribution in [3.63, 3.8) is 0 Å². The van der Waals surface area contributed by atoms with Gasteiger partial charge in [-0.3, -0.25) is 4.79 Å². The first-order chi connectivity index (χ1) is 11.9. The van der Waals surface area contributed by atoms with E-state index in [1.165, 1.54) is 24.3 Å². The topological polar surface area (TPSA) is 20.3 Å². The van der Waals surface area contributed by atoms with Crippen LogP contribution in [0.5, 0.6) is 0 Å². The number of nitrogens with zero attached hydrogens (tertiary/aromatic N) is 1. The highest BCUT2D eigenvalue weighted by Gasteiger charge is 2.46. The van der Waals surface area contributed by atoms with Crippen LogP contribution in [0, 0.1) is 5.82 Å². The maximum Gasteiger partial charge on any atom is 0.408 e. The Bertz CT molecular complexity index is 738. The van der Waals surface area contributed by atoms with Crippen LogP contribution in [0.3, 0.4) is 0 Å². The smallest absolute Gasteiger partial charge is 0.327 e. The van der Waals surface area contributed by atoms with Crippen molar-refractivity contribution in [2.45, 2.75) is 31.5 Å². The predicted molar refractivity (Wildman–Crippen MR) is 86.6 cm³/mol. The molecule has 1 unspecified atom stereocenters. The lowest BCUT2D eigenvalue weighted by atomic mass is 9.99. The second-order valence-corrected chi connectivity index (χ2v) is 6.14. The Morgan fingerprint density at radius 1 is 0.920 bits per heavy atom. The Labute approximate surface area is 143 Å². The molecule has 1 aliphatic rings. The molecule has 2 nitrogen and oxygen atoms in total. The minimum absolute atomic E-state index is 0.0527. The number of carbonyl (C=O) groups is 1. The second kappa shape index (κ2) is 6.86. The van der Waals surface area contributed by atoms with Crippen molar-refractivity contribution in [3.8, 4) is 11.1 Å². The molecule has 0 radical (unpaired) electrons. The number of amides is 1. The van der Waals surface area contributed by atoms with Gasteiger partial charge in [0.1, 0.15) is 11.9 Å². The Balaban J connectivity index is 1.81. The molecule has 0 aromatic heterocycles. The summed E-state index contributed by atoms with van der Waals surface area (Å²) in [6, 6.07) is 10.5. The number of rotatable bonds is 2. The van der Waals surface area contributed by atoms with Crippen molar-refractivity contribution in [2.75, 3.05) is 6.54 Å². The maximum absolute atomic E-state index is 13.2. The van der Waals surface area contributed by atoms with E-state index in [9.17, 15) is 22.4 Å². The van der Waals surface area contributed by atoms with E-state index in [1.54, 1.807) is 24.3 Å². The molecular formula is C19H17F4NO. The van der Waals surface area contributed by atoms with Gasteiger partial charge >= 0.3 is 6.18 Å².